The van der Waals surface area contributed by atoms with Crippen molar-refractivity contribution >= 4 is 17.9 Å². The van der Waals surface area contributed by atoms with Gasteiger partial charge in [0.2, 0.25) is 5.91 Å². The van der Waals surface area contributed by atoms with Crippen molar-refractivity contribution in [2.24, 2.45) is 0 Å². The molecule has 0 aliphatic carbocycles. The first kappa shape index (κ1) is 9.50. The number of imide groups is 1. The molecule has 1 saturated heterocycles. The molecule has 6 nitrogen and oxygen atoms in total. The minimum Gasteiger partial charge on any atom is -0.481 e. The van der Waals surface area contributed by atoms with Crippen LogP contribution < -0.4 is 5.32 Å². The van der Waals surface area contributed by atoms with Crippen molar-refractivity contribution in [2.45, 2.75) is 12.8 Å². The molecule has 1 fully saturated rings. The molecule has 72 valence electrons. The Kier molecular flexibility index (Phi) is 2.84. The van der Waals surface area contributed by atoms with Crippen LogP contribution in [0.5, 0.6) is 0 Å². The zero-order chi connectivity index (χ0) is 9.84. The molecular formula is C7H10N2O4. The van der Waals surface area contributed by atoms with Crippen molar-refractivity contribution in [3.05, 3.63) is 0 Å². The maximum Gasteiger partial charge on any atom is 0.324 e. The van der Waals surface area contributed by atoms with E-state index in [1.165, 1.54) is 0 Å². The van der Waals surface area contributed by atoms with Gasteiger partial charge in [-0.1, -0.05) is 0 Å². The third-order valence-corrected chi connectivity index (χ3v) is 1.71. The maximum absolute atomic E-state index is 11.1. The van der Waals surface area contributed by atoms with Crippen molar-refractivity contribution in [3.8, 4) is 0 Å². The minimum atomic E-state index is -1.02. The number of nitrogens with zero attached hydrogens (tertiary/aromatic N) is 1. The van der Waals surface area contributed by atoms with Gasteiger partial charge in [0.05, 0.1) is 6.42 Å². The minimum absolute atomic E-state index is 0.0556. The number of urea groups is 1. The summed E-state index contributed by atoms with van der Waals surface area (Å²) < 4.78 is 0. The number of hydrogen-bond donors (Lipinski definition) is 2. The van der Waals surface area contributed by atoms with E-state index in [0.29, 0.717) is 6.54 Å². The van der Waals surface area contributed by atoms with Crippen molar-refractivity contribution in [1.29, 1.82) is 0 Å². The second-order valence-electron chi connectivity index (χ2n) is 2.67. The molecule has 0 unspecified atom stereocenters. The lowest BCUT2D eigenvalue weighted by atomic mass is 10.3. The topological polar surface area (TPSA) is 86.7 Å². The van der Waals surface area contributed by atoms with E-state index in [9.17, 15) is 14.4 Å². The molecule has 0 bridgehead atoms. The van der Waals surface area contributed by atoms with Crippen molar-refractivity contribution < 1.29 is 19.5 Å². The Hall–Kier alpha value is -1.59. The monoisotopic (exact) mass is 186 g/mol. The standard InChI is InChI=1S/C7H10N2O4/c10-5-1-3-8-7(13)9(5)4-2-6(11)12/h1-4H2,(H,8,13)(H,11,12). The van der Waals surface area contributed by atoms with Gasteiger partial charge in [-0.25, -0.2) is 4.79 Å². The van der Waals surface area contributed by atoms with Gasteiger partial charge in [-0.15, -0.1) is 0 Å². The molecule has 0 radical (unpaired) electrons. The highest BCUT2D eigenvalue weighted by Gasteiger charge is 2.25. The first-order valence-corrected chi connectivity index (χ1v) is 3.91. The molecule has 3 amide bonds. The Morgan fingerprint density at radius 3 is 2.77 bits per heavy atom. The average molecular weight is 186 g/mol. The predicted molar refractivity (Wildman–Crippen MR) is 42.0 cm³/mol. The quantitative estimate of drug-likeness (QED) is 0.616. The summed E-state index contributed by atoms with van der Waals surface area (Å²) in [5.74, 6) is -1.34. The van der Waals surface area contributed by atoms with Gasteiger partial charge >= 0.3 is 12.0 Å². The number of hydrogen-bond acceptors (Lipinski definition) is 3. The molecule has 1 aliphatic heterocycles. The van der Waals surface area contributed by atoms with E-state index in [-0.39, 0.29) is 25.3 Å². The van der Waals surface area contributed by atoms with Crippen LogP contribution in [0.25, 0.3) is 0 Å². The number of nitrogens with one attached hydrogen (secondary N) is 1. The molecule has 1 rings (SSSR count). The molecule has 6 heteroatoms. The number of carboxylic acid groups (broad SMARTS) is 1. The van der Waals surface area contributed by atoms with Crippen molar-refractivity contribution in [2.75, 3.05) is 13.1 Å². The van der Waals surface area contributed by atoms with Gasteiger partial charge in [-0.2, -0.15) is 0 Å². The van der Waals surface area contributed by atoms with E-state index in [4.69, 9.17) is 5.11 Å². The molecule has 0 atom stereocenters. The SMILES string of the molecule is O=C(O)CCN1C(=O)CCNC1=O. The fourth-order valence-electron chi connectivity index (χ4n) is 1.05. The Balaban J connectivity index is 2.49. The summed E-state index contributed by atoms with van der Waals surface area (Å²) in [6.07, 6.45) is 0.0323. The summed E-state index contributed by atoms with van der Waals surface area (Å²) in [4.78, 5) is 33.2. The molecule has 0 aromatic rings. The summed E-state index contributed by atoms with van der Waals surface area (Å²) in [5.41, 5.74) is 0. The van der Waals surface area contributed by atoms with Crippen LogP contribution >= 0.6 is 0 Å². The third-order valence-electron chi connectivity index (χ3n) is 1.71. The lowest BCUT2D eigenvalue weighted by molar-refractivity contribution is -0.137. The molecule has 13 heavy (non-hydrogen) atoms. The first-order valence-electron chi connectivity index (χ1n) is 3.91. The molecular weight excluding hydrogens is 176 g/mol. The summed E-state index contributed by atoms with van der Waals surface area (Å²) >= 11 is 0. The van der Waals surface area contributed by atoms with E-state index >= 15 is 0 Å². The maximum atomic E-state index is 11.1. The van der Waals surface area contributed by atoms with Gasteiger partial charge in [-0.3, -0.25) is 14.5 Å². The van der Waals surface area contributed by atoms with Crippen LogP contribution in [-0.4, -0.2) is 41.0 Å². The lowest BCUT2D eigenvalue weighted by Gasteiger charge is -2.24. The first-order chi connectivity index (χ1) is 6.11. The highest BCUT2D eigenvalue weighted by Crippen LogP contribution is 2.02. The van der Waals surface area contributed by atoms with Crippen LogP contribution in [0.15, 0.2) is 0 Å². The normalized spacial score (nSPS) is 17.1. The number of amides is 3. The Morgan fingerprint density at radius 1 is 1.54 bits per heavy atom. The molecule has 1 heterocycles. The molecule has 0 spiro atoms. The van der Waals surface area contributed by atoms with Crippen molar-refractivity contribution in [1.82, 2.24) is 10.2 Å². The summed E-state index contributed by atoms with van der Waals surface area (Å²) in [6.45, 7) is 0.279. The third kappa shape index (κ3) is 2.43. The predicted octanol–water partition coefficient (Wildman–Crippen LogP) is -0.597. The number of aliphatic carboxylic acids is 1. The van der Waals surface area contributed by atoms with Gasteiger partial charge in [0.25, 0.3) is 0 Å². The van der Waals surface area contributed by atoms with Crippen molar-refractivity contribution in [3.63, 3.8) is 0 Å². The largest absolute Gasteiger partial charge is 0.481 e. The molecule has 0 aromatic carbocycles. The summed E-state index contributed by atoms with van der Waals surface area (Å²) in [6, 6.07) is -0.502. The van der Waals surface area contributed by atoms with Crippen LogP contribution in [0, 0.1) is 0 Å². The second kappa shape index (κ2) is 3.88. The smallest absolute Gasteiger partial charge is 0.324 e. The number of carboxylic acids is 1. The zero-order valence-corrected chi connectivity index (χ0v) is 6.95. The van der Waals surface area contributed by atoms with Gasteiger partial charge in [0.1, 0.15) is 0 Å². The van der Waals surface area contributed by atoms with Crippen LogP contribution in [0.1, 0.15) is 12.8 Å². The lowest BCUT2D eigenvalue weighted by Crippen LogP contribution is -2.50. The van der Waals surface area contributed by atoms with E-state index in [1.807, 2.05) is 0 Å². The van der Waals surface area contributed by atoms with Gasteiger partial charge in [-0.05, 0) is 0 Å². The second-order valence-corrected chi connectivity index (χ2v) is 2.67. The Morgan fingerprint density at radius 2 is 2.23 bits per heavy atom. The molecule has 2 N–H and O–H groups in total. The number of rotatable bonds is 3. The van der Waals surface area contributed by atoms with Gasteiger partial charge < -0.3 is 10.4 Å². The molecule has 1 aliphatic rings. The highest BCUT2D eigenvalue weighted by molar-refractivity contribution is 5.97. The van der Waals surface area contributed by atoms with Gasteiger partial charge in [0, 0.05) is 19.5 Å². The van der Waals surface area contributed by atoms with Crippen LogP contribution in [-0.2, 0) is 9.59 Å². The van der Waals surface area contributed by atoms with E-state index in [0.717, 1.165) is 4.90 Å². The Bertz CT molecular complexity index is 235. The van der Waals surface area contributed by atoms with Gasteiger partial charge in [0.15, 0.2) is 0 Å². The van der Waals surface area contributed by atoms with Crippen LogP contribution in [0.4, 0.5) is 4.79 Å². The zero-order valence-electron chi connectivity index (χ0n) is 6.95. The number of carbonyl (C=O) groups is 3. The van der Waals surface area contributed by atoms with Crippen LogP contribution in [0.3, 0.4) is 0 Å². The molecule has 0 aromatic heterocycles. The fourth-order valence-corrected chi connectivity index (χ4v) is 1.05. The number of carbonyl (C=O) groups excluding carboxylic acids is 2. The highest BCUT2D eigenvalue weighted by atomic mass is 16.4. The average Bonchev–Trinajstić information content (AvgIpc) is 2.03. The van der Waals surface area contributed by atoms with E-state index < -0.39 is 12.0 Å². The summed E-state index contributed by atoms with van der Waals surface area (Å²) in [5, 5.41) is 10.8. The summed E-state index contributed by atoms with van der Waals surface area (Å²) in [7, 11) is 0. The van der Waals surface area contributed by atoms with E-state index in [2.05, 4.69) is 5.32 Å². The fraction of sp³-hybridized carbons (Fsp3) is 0.571. The molecule has 0 saturated carbocycles. The Labute approximate surface area is 74.5 Å². The van der Waals surface area contributed by atoms with Crippen LogP contribution in [0.2, 0.25) is 0 Å². The van der Waals surface area contributed by atoms with E-state index in [1.54, 1.807) is 0 Å².